The number of amides is 2. The lowest BCUT2D eigenvalue weighted by Crippen LogP contribution is -2.47. The van der Waals surface area contributed by atoms with E-state index in [1.165, 1.54) is 11.1 Å². The summed E-state index contributed by atoms with van der Waals surface area (Å²) in [6.07, 6.45) is 0. The number of tetrazole rings is 1. The van der Waals surface area contributed by atoms with Crippen molar-refractivity contribution in [3.63, 3.8) is 0 Å². The molecule has 0 atom stereocenters. The summed E-state index contributed by atoms with van der Waals surface area (Å²) in [7, 11) is 0. The molecule has 164 valence electrons. The molecule has 8 heteroatoms. The number of carbonyl (C=O) groups is 1. The molecule has 3 heterocycles. The molecule has 1 aliphatic heterocycles. The van der Waals surface area contributed by atoms with Gasteiger partial charge in [-0.05, 0) is 59.2 Å². The first-order chi connectivity index (χ1) is 15.6. The number of morpholine rings is 1. The van der Waals surface area contributed by atoms with Crippen LogP contribution < -0.4 is 0 Å². The van der Waals surface area contributed by atoms with Gasteiger partial charge >= 0.3 is 6.03 Å². The molecule has 0 radical (unpaired) electrons. The molecule has 2 aromatic heterocycles. The highest BCUT2D eigenvalue weighted by Crippen LogP contribution is 2.24. The van der Waals surface area contributed by atoms with Crippen LogP contribution in [0.3, 0.4) is 0 Å². The maximum atomic E-state index is 13.5. The number of hydrogen-bond acceptors (Lipinski definition) is 5. The van der Waals surface area contributed by atoms with Crippen LogP contribution >= 0.6 is 0 Å². The monoisotopic (exact) mass is 430 g/mol. The van der Waals surface area contributed by atoms with E-state index in [0.717, 1.165) is 22.0 Å². The third-order valence-electron chi connectivity index (χ3n) is 6.09. The fraction of sp³-hybridized carbons (Fsp3) is 0.333. The molecule has 1 aliphatic rings. The van der Waals surface area contributed by atoms with Gasteiger partial charge in [0.2, 0.25) is 0 Å². The minimum absolute atomic E-state index is 0.00274. The summed E-state index contributed by atoms with van der Waals surface area (Å²) in [5.41, 5.74) is 6.04. The number of carbonyl (C=O) groups excluding carboxylic acids is 1. The number of urea groups is 1. The van der Waals surface area contributed by atoms with Gasteiger partial charge in [0.25, 0.3) is 0 Å². The standard InChI is InChI=1S/C24H26N6O2/c1-17-12-20-14-21(23-25-26-27-30(23)22(20)13-18(17)2)16-29(15-19-6-4-3-5-7-19)24(31)28-8-10-32-11-9-28/h3-7,12-14H,8-11,15-16H2,1-2H3. The maximum Gasteiger partial charge on any atom is 0.320 e. The van der Waals surface area contributed by atoms with Gasteiger partial charge in [-0.2, -0.15) is 4.52 Å². The smallest absolute Gasteiger partial charge is 0.320 e. The second-order valence-electron chi connectivity index (χ2n) is 8.30. The van der Waals surface area contributed by atoms with Crippen LogP contribution in [0.4, 0.5) is 4.79 Å². The molecule has 1 saturated heterocycles. The Hall–Kier alpha value is -3.52. The van der Waals surface area contributed by atoms with E-state index in [2.05, 4.69) is 47.6 Å². The van der Waals surface area contributed by atoms with Gasteiger partial charge in [-0.1, -0.05) is 30.3 Å². The van der Waals surface area contributed by atoms with Crippen LogP contribution in [-0.2, 0) is 17.8 Å². The molecule has 32 heavy (non-hydrogen) atoms. The molecule has 2 amide bonds. The third kappa shape index (κ3) is 3.89. The van der Waals surface area contributed by atoms with Crippen LogP contribution in [0.5, 0.6) is 0 Å². The van der Waals surface area contributed by atoms with Gasteiger partial charge in [-0.15, -0.1) is 5.10 Å². The summed E-state index contributed by atoms with van der Waals surface area (Å²) >= 11 is 0. The Morgan fingerprint density at radius 1 is 1.03 bits per heavy atom. The molecule has 1 fully saturated rings. The summed E-state index contributed by atoms with van der Waals surface area (Å²) in [6.45, 7) is 7.44. The Bertz CT molecular complexity index is 1260. The Balaban J connectivity index is 1.55. The largest absolute Gasteiger partial charge is 0.378 e. The van der Waals surface area contributed by atoms with Crippen molar-refractivity contribution in [2.24, 2.45) is 0 Å². The molecule has 0 unspecified atom stereocenters. The highest BCUT2D eigenvalue weighted by molar-refractivity contribution is 5.85. The van der Waals surface area contributed by atoms with Crippen LogP contribution in [0, 0.1) is 13.8 Å². The fourth-order valence-corrected chi connectivity index (χ4v) is 4.20. The maximum absolute atomic E-state index is 13.5. The van der Waals surface area contributed by atoms with Gasteiger partial charge in [0, 0.05) is 30.6 Å². The lowest BCUT2D eigenvalue weighted by Gasteiger charge is -2.33. The zero-order valence-corrected chi connectivity index (χ0v) is 18.4. The van der Waals surface area contributed by atoms with Crippen LogP contribution in [0.2, 0.25) is 0 Å². The number of nitrogens with zero attached hydrogens (tertiary/aromatic N) is 6. The van der Waals surface area contributed by atoms with Crippen molar-refractivity contribution in [2.45, 2.75) is 26.9 Å². The highest BCUT2D eigenvalue weighted by atomic mass is 16.5. The topological polar surface area (TPSA) is 75.9 Å². The zero-order chi connectivity index (χ0) is 22.1. The van der Waals surface area contributed by atoms with Crippen LogP contribution in [0.15, 0.2) is 48.5 Å². The van der Waals surface area contributed by atoms with Gasteiger partial charge in [-0.3, -0.25) is 0 Å². The van der Waals surface area contributed by atoms with E-state index < -0.39 is 0 Å². The van der Waals surface area contributed by atoms with Crippen LogP contribution in [0.25, 0.3) is 16.6 Å². The average molecular weight is 431 g/mol. The quantitative estimate of drug-likeness (QED) is 0.496. The van der Waals surface area contributed by atoms with Crippen molar-refractivity contribution in [2.75, 3.05) is 26.3 Å². The average Bonchev–Trinajstić information content (AvgIpc) is 3.31. The molecule has 4 aromatic rings. The van der Waals surface area contributed by atoms with Crippen molar-refractivity contribution in [3.8, 4) is 0 Å². The van der Waals surface area contributed by atoms with E-state index in [4.69, 9.17) is 4.74 Å². The van der Waals surface area contributed by atoms with Gasteiger partial charge in [-0.25, -0.2) is 4.79 Å². The van der Waals surface area contributed by atoms with E-state index in [1.54, 1.807) is 4.52 Å². The van der Waals surface area contributed by atoms with E-state index in [1.807, 2.05) is 40.1 Å². The number of benzene rings is 2. The highest BCUT2D eigenvalue weighted by Gasteiger charge is 2.25. The molecule has 0 bridgehead atoms. The minimum Gasteiger partial charge on any atom is -0.378 e. The Kier molecular flexibility index (Phi) is 5.45. The fourth-order valence-electron chi connectivity index (χ4n) is 4.20. The molecule has 0 saturated carbocycles. The molecule has 2 aromatic carbocycles. The molecule has 5 rings (SSSR count). The predicted octanol–water partition coefficient (Wildman–Crippen LogP) is 3.35. The SMILES string of the molecule is Cc1cc2cc(CN(Cc3ccccc3)C(=O)N3CCOCC3)c3nnnn3c2cc1C. The lowest BCUT2D eigenvalue weighted by molar-refractivity contribution is 0.0419. The number of aromatic nitrogens is 4. The summed E-state index contributed by atoms with van der Waals surface area (Å²) < 4.78 is 7.21. The zero-order valence-electron chi connectivity index (χ0n) is 18.4. The van der Waals surface area contributed by atoms with Gasteiger partial charge < -0.3 is 14.5 Å². The number of pyridine rings is 1. The number of rotatable bonds is 4. The first-order valence-corrected chi connectivity index (χ1v) is 10.9. The van der Waals surface area contributed by atoms with Gasteiger partial charge in [0.1, 0.15) is 0 Å². The Morgan fingerprint density at radius 3 is 2.56 bits per heavy atom. The Morgan fingerprint density at radius 2 is 1.78 bits per heavy atom. The van der Waals surface area contributed by atoms with Crippen molar-refractivity contribution < 1.29 is 9.53 Å². The van der Waals surface area contributed by atoms with E-state index in [9.17, 15) is 4.79 Å². The minimum atomic E-state index is 0.00274. The molecule has 0 aliphatic carbocycles. The summed E-state index contributed by atoms with van der Waals surface area (Å²) in [5.74, 6) is 0. The number of ether oxygens (including phenoxy) is 1. The van der Waals surface area contributed by atoms with Crippen LogP contribution in [-0.4, -0.2) is 62.2 Å². The Labute approximate surface area is 186 Å². The van der Waals surface area contributed by atoms with Crippen molar-refractivity contribution in [3.05, 3.63) is 70.8 Å². The van der Waals surface area contributed by atoms with E-state index in [-0.39, 0.29) is 6.03 Å². The molecular formula is C24H26N6O2. The lowest BCUT2D eigenvalue weighted by atomic mass is 10.0. The molecular weight excluding hydrogens is 404 g/mol. The molecule has 8 nitrogen and oxygen atoms in total. The first kappa shape index (κ1) is 20.4. The summed E-state index contributed by atoms with van der Waals surface area (Å²) in [5, 5.41) is 13.5. The third-order valence-corrected chi connectivity index (χ3v) is 6.09. The number of aryl methyl sites for hydroxylation is 2. The first-order valence-electron chi connectivity index (χ1n) is 10.9. The number of hydrogen-bond donors (Lipinski definition) is 0. The van der Waals surface area contributed by atoms with E-state index in [0.29, 0.717) is 45.0 Å². The number of fused-ring (bicyclic) bond motifs is 3. The molecule has 0 N–H and O–H groups in total. The normalized spacial score (nSPS) is 14.2. The van der Waals surface area contributed by atoms with Crippen molar-refractivity contribution in [1.29, 1.82) is 0 Å². The van der Waals surface area contributed by atoms with Gasteiger partial charge in [0.05, 0.1) is 25.3 Å². The van der Waals surface area contributed by atoms with Crippen molar-refractivity contribution in [1.82, 2.24) is 29.8 Å². The van der Waals surface area contributed by atoms with Gasteiger partial charge in [0.15, 0.2) is 5.65 Å². The summed E-state index contributed by atoms with van der Waals surface area (Å²) in [6, 6.07) is 16.4. The van der Waals surface area contributed by atoms with Crippen molar-refractivity contribution >= 4 is 22.6 Å². The summed E-state index contributed by atoms with van der Waals surface area (Å²) in [4.78, 5) is 17.2. The second-order valence-corrected chi connectivity index (χ2v) is 8.30. The predicted molar refractivity (Wildman–Crippen MR) is 121 cm³/mol. The van der Waals surface area contributed by atoms with Crippen LogP contribution in [0.1, 0.15) is 22.3 Å². The second kappa shape index (κ2) is 8.55. The van der Waals surface area contributed by atoms with E-state index >= 15 is 0 Å². The molecule has 0 spiro atoms.